The van der Waals surface area contributed by atoms with E-state index in [1.165, 1.54) is 5.56 Å². The SMILES string of the molecule is NC(=N[N+](=O)[O-])NCCC[C@H](NC(=O)[C@@H](Cc1ccccc1)NCCCc1ccccc1)C(=O)O. The number of aliphatic carboxylic acids is 1. The van der Waals surface area contributed by atoms with Gasteiger partial charge in [0.15, 0.2) is 5.03 Å². The number of benzene rings is 2. The summed E-state index contributed by atoms with van der Waals surface area (Å²) in [4.78, 5) is 35.0. The monoisotopic (exact) mass is 484 g/mol. The van der Waals surface area contributed by atoms with Gasteiger partial charge in [0.2, 0.25) is 5.91 Å². The van der Waals surface area contributed by atoms with E-state index < -0.39 is 29.0 Å². The number of aryl methyl sites for hydroxylation is 1. The van der Waals surface area contributed by atoms with Crippen molar-refractivity contribution >= 4 is 17.8 Å². The molecule has 0 fully saturated rings. The molecule has 35 heavy (non-hydrogen) atoms. The second-order valence-electron chi connectivity index (χ2n) is 7.98. The maximum absolute atomic E-state index is 13.0. The Bertz CT molecular complexity index is 971. The molecule has 2 aromatic carbocycles. The summed E-state index contributed by atoms with van der Waals surface area (Å²) in [5, 5.41) is 30.3. The van der Waals surface area contributed by atoms with Crippen molar-refractivity contribution in [1.82, 2.24) is 16.0 Å². The Hall–Kier alpha value is -3.99. The first-order valence-electron chi connectivity index (χ1n) is 11.4. The van der Waals surface area contributed by atoms with E-state index in [2.05, 4.69) is 33.2 Å². The summed E-state index contributed by atoms with van der Waals surface area (Å²) in [5.74, 6) is -1.93. The highest BCUT2D eigenvalue weighted by Crippen LogP contribution is 2.07. The summed E-state index contributed by atoms with van der Waals surface area (Å²) >= 11 is 0. The quantitative estimate of drug-likeness (QED) is 0.0826. The zero-order valence-corrected chi connectivity index (χ0v) is 19.4. The summed E-state index contributed by atoms with van der Waals surface area (Å²) in [7, 11) is 0. The fourth-order valence-corrected chi connectivity index (χ4v) is 3.50. The largest absolute Gasteiger partial charge is 0.480 e. The van der Waals surface area contributed by atoms with Crippen molar-refractivity contribution in [3.8, 4) is 0 Å². The number of hydrogen-bond acceptors (Lipinski definition) is 5. The Morgan fingerprint density at radius 2 is 1.60 bits per heavy atom. The van der Waals surface area contributed by atoms with Gasteiger partial charge in [0.1, 0.15) is 11.1 Å². The van der Waals surface area contributed by atoms with Crippen LogP contribution in [-0.2, 0) is 22.4 Å². The number of nitro groups is 1. The molecule has 0 bridgehead atoms. The molecule has 0 saturated carbocycles. The molecule has 6 N–H and O–H groups in total. The molecule has 0 spiro atoms. The minimum atomic E-state index is -1.16. The lowest BCUT2D eigenvalue weighted by atomic mass is 10.0. The second-order valence-corrected chi connectivity index (χ2v) is 7.98. The minimum Gasteiger partial charge on any atom is -0.480 e. The fraction of sp³-hybridized carbons (Fsp3) is 0.375. The van der Waals surface area contributed by atoms with E-state index in [0.29, 0.717) is 19.4 Å². The van der Waals surface area contributed by atoms with Crippen LogP contribution in [0.5, 0.6) is 0 Å². The molecule has 11 nitrogen and oxygen atoms in total. The number of hydrazone groups is 1. The van der Waals surface area contributed by atoms with Crippen LogP contribution in [0.25, 0.3) is 0 Å². The molecule has 1 amide bonds. The van der Waals surface area contributed by atoms with Crippen LogP contribution < -0.4 is 21.7 Å². The molecule has 11 heteroatoms. The Morgan fingerprint density at radius 3 is 2.20 bits per heavy atom. The molecule has 0 heterocycles. The van der Waals surface area contributed by atoms with E-state index in [0.717, 1.165) is 18.4 Å². The normalized spacial score (nSPS) is 13.0. The number of nitrogens with one attached hydrogen (secondary N) is 3. The number of carbonyl (C=O) groups excluding carboxylic acids is 1. The van der Waals surface area contributed by atoms with Crippen LogP contribution in [0.2, 0.25) is 0 Å². The minimum absolute atomic E-state index is 0.117. The van der Waals surface area contributed by atoms with Gasteiger partial charge in [0.25, 0.3) is 5.96 Å². The third kappa shape index (κ3) is 11.1. The highest BCUT2D eigenvalue weighted by molar-refractivity contribution is 5.87. The Balaban J connectivity index is 1.92. The van der Waals surface area contributed by atoms with Crippen LogP contribution >= 0.6 is 0 Å². The molecule has 0 unspecified atom stereocenters. The number of nitrogens with zero attached hydrogens (tertiary/aromatic N) is 2. The van der Waals surface area contributed by atoms with E-state index in [9.17, 15) is 24.8 Å². The van der Waals surface area contributed by atoms with Crippen molar-refractivity contribution in [2.75, 3.05) is 13.1 Å². The lowest BCUT2D eigenvalue weighted by Crippen LogP contribution is -2.51. The van der Waals surface area contributed by atoms with Crippen molar-refractivity contribution in [2.45, 2.75) is 44.2 Å². The standard InChI is InChI=1S/C24H32N6O5/c25-24(29-30(34)35)27-16-8-14-20(23(32)33)28-22(31)21(17-19-11-5-2-6-12-19)26-15-7-13-18-9-3-1-4-10-18/h1-6,9-12,20-21,26H,7-8,13-17H2,(H,28,31)(H,32,33)(H3,25,27,29)/t20-,21+/m0/s1. The number of hydrogen-bond donors (Lipinski definition) is 5. The van der Waals surface area contributed by atoms with Crippen molar-refractivity contribution in [3.05, 3.63) is 81.9 Å². The number of carboxylic acid groups (broad SMARTS) is 1. The van der Waals surface area contributed by atoms with Crippen LogP contribution in [0, 0.1) is 10.1 Å². The van der Waals surface area contributed by atoms with Crippen molar-refractivity contribution in [3.63, 3.8) is 0 Å². The van der Waals surface area contributed by atoms with E-state index >= 15 is 0 Å². The van der Waals surface area contributed by atoms with Gasteiger partial charge in [-0.05, 0) is 49.8 Å². The van der Waals surface area contributed by atoms with E-state index in [1.807, 2.05) is 48.5 Å². The number of carbonyl (C=O) groups is 2. The summed E-state index contributed by atoms with van der Waals surface area (Å²) in [6.07, 6.45) is 2.52. The maximum atomic E-state index is 13.0. The zero-order valence-electron chi connectivity index (χ0n) is 19.4. The lowest BCUT2D eigenvalue weighted by molar-refractivity contribution is -0.485. The first kappa shape index (κ1) is 27.3. The van der Waals surface area contributed by atoms with Gasteiger partial charge in [-0.25, -0.2) is 14.9 Å². The number of amides is 1. The molecule has 0 radical (unpaired) electrons. The van der Waals surface area contributed by atoms with Crippen LogP contribution in [0.4, 0.5) is 0 Å². The number of carboxylic acids is 1. The smallest absolute Gasteiger partial charge is 0.326 e. The average molecular weight is 485 g/mol. The molecule has 0 saturated heterocycles. The topological polar surface area (TPSA) is 172 Å². The number of nitrogens with two attached hydrogens (primary N) is 1. The average Bonchev–Trinajstić information content (AvgIpc) is 2.83. The fourth-order valence-electron chi connectivity index (χ4n) is 3.50. The Labute approximate surface area is 203 Å². The van der Waals surface area contributed by atoms with Crippen LogP contribution in [0.1, 0.15) is 30.4 Å². The summed E-state index contributed by atoms with van der Waals surface area (Å²) < 4.78 is 0. The lowest BCUT2D eigenvalue weighted by Gasteiger charge is -2.22. The third-order valence-electron chi connectivity index (χ3n) is 5.25. The van der Waals surface area contributed by atoms with E-state index in [-0.39, 0.29) is 18.9 Å². The molecule has 188 valence electrons. The molecule has 2 rings (SSSR count). The first-order chi connectivity index (χ1) is 16.8. The Morgan fingerprint density at radius 1 is 0.971 bits per heavy atom. The predicted molar refractivity (Wildman–Crippen MR) is 132 cm³/mol. The van der Waals surface area contributed by atoms with Crippen molar-refractivity contribution < 1.29 is 19.7 Å². The van der Waals surface area contributed by atoms with Gasteiger partial charge in [-0.15, -0.1) is 0 Å². The molecule has 0 aliphatic heterocycles. The van der Waals surface area contributed by atoms with Crippen molar-refractivity contribution in [2.24, 2.45) is 10.8 Å². The highest BCUT2D eigenvalue weighted by atomic mass is 16.7. The molecule has 0 aliphatic rings. The van der Waals surface area contributed by atoms with Gasteiger partial charge in [-0.3, -0.25) is 4.79 Å². The van der Waals surface area contributed by atoms with E-state index in [4.69, 9.17) is 5.73 Å². The Kier molecular flexibility index (Phi) is 11.7. The van der Waals surface area contributed by atoms with Gasteiger partial charge >= 0.3 is 5.97 Å². The zero-order chi connectivity index (χ0) is 25.5. The third-order valence-corrected chi connectivity index (χ3v) is 5.25. The summed E-state index contributed by atoms with van der Waals surface area (Å²) in [5.41, 5.74) is 7.51. The van der Waals surface area contributed by atoms with Gasteiger partial charge in [0.05, 0.1) is 6.04 Å². The van der Waals surface area contributed by atoms with Gasteiger partial charge < -0.3 is 26.8 Å². The number of rotatable bonds is 15. The molecular weight excluding hydrogens is 452 g/mol. The first-order valence-corrected chi connectivity index (χ1v) is 11.4. The molecule has 0 aliphatic carbocycles. The molecule has 2 aromatic rings. The predicted octanol–water partition coefficient (Wildman–Crippen LogP) is 1.27. The van der Waals surface area contributed by atoms with Crippen LogP contribution in [0.3, 0.4) is 0 Å². The van der Waals surface area contributed by atoms with Gasteiger partial charge in [-0.1, -0.05) is 60.7 Å². The van der Waals surface area contributed by atoms with Crippen molar-refractivity contribution in [1.29, 1.82) is 0 Å². The van der Waals surface area contributed by atoms with Gasteiger partial charge in [-0.2, -0.15) is 0 Å². The maximum Gasteiger partial charge on any atom is 0.326 e. The molecule has 2 atom stereocenters. The second kappa shape index (κ2) is 15.0. The van der Waals surface area contributed by atoms with Crippen LogP contribution in [-0.4, -0.2) is 53.1 Å². The molecule has 0 aromatic heterocycles. The summed E-state index contributed by atoms with van der Waals surface area (Å²) in [6.45, 7) is 0.768. The molecular formula is C24H32N6O5. The number of guanidine groups is 1. The van der Waals surface area contributed by atoms with E-state index in [1.54, 1.807) is 0 Å². The summed E-state index contributed by atoms with van der Waals surface area (Å²) in [6, 6.07) is 17.8. The van der Waals surface area contributed by atoms with Crippen LogP contribution in [0.15, 0.2) is 65.8 Å². The highest BCUT2D eigenvalue weighted by Gasteiger charge is 2.25. The van der Waals surface area contributed by atoms with Gasteiger partial charge in [0, 0.05) is 6.54 Å².